The molecule has 0 fully saturated rings. The fourth-order valence-electron chi connectivity index (χ4n) is 1.56. The normalized spacial score (nSPS) is 12.2. The van der Waals surface area contributed by atoms with Crippen LogP contribution in [0.4, 0.5) is 5.69 Å². The molecule has 0 radical (unpaired) electrons. The lowest BCUT2D eigenvalue weighted by molar-refractivity contribution is 0.0934. The van der Waals surface area contributed by atoms with Gasteiger partial charge in [-0.15, -0.1) is 0 Å². The summed E-state index contributed by atoms with van der Waals surface area (Å²) in [5.41, 5.74) is 7.62. The third-order valence-corrected chi connectivity index (χ3v) is 2.47. The molecular formula is C12H18N2O2. The number of aliphatic hydroxyl groups is 1. The van der Waals surface area contributed by atoms with Gasteiger partial charge in [-0.05, 0) is 31.9 Å². The molecule has 1 amide bonds. The van der Waals surface area contributed by atoms with Crippen molar-refractivity contribution in [3.05, 3.63) is 29.3 Å². The number of hydrogen-bond acceptors (Lipinski definition) is 3. The minimum atomic E-state index is -0.184. The van der Waals surface area contributed by atoms with Crippen LogP contribution < -0.4 is 11.1 Å². The molecular weight excluding hydrogens is 204 g/mol. The minimum absolute atomic E-state index is 0.0588. The van der Waals surface area contributed by atoms with Gasteiger partial charge >= 0.3 is 0 Å². The first-order valence-corrected chi connectivity index (χ1v) is 5.33. The first-order chi connectivity index (χ1) is 7.56. The molecule has 0 aromatic heterocycles. The number of carbonyl (C=O) groups excluding carboxylic acids is 1. The second-order valence-corrected chi connectivity index (χ2v) is 3.93. The Hall–Kier alpha value is -1.55. The third kappa shape index (κ3) is 2.97. The fraction of sp³-hybridized carbons (Fsp3) is 0.417. The number of carbonyl (C=O) groups is 1. The molecule has 16 heavy (non-hydrogen) atoms. The molecule has 4 N–H and O–H groups in total. The molecule has 1 aromatic rings. The largest absolute Gasteiger partial charge is 0.398 e. The minimum Gasteiger partial charge on any atom is -0.398 e. The molecule has 0 spiro atoms. The van der Waals surface area contributed by atoms with Crippen molar-refractivity contribution in [2.24, 2.45) is 0 Å². The van der Waals surface area contributed by atoms with Crippen molar-refractivity contribution in [3.8, 4) is 0 Å². The van der Waals surface area contributed by atoms with E-state index in [0.29, 0.717) is 17.7 Å². The van der Waals surface area contributed by atoms with Crippen LogP contribution in [0.25, 0.3) is 0 Å². The summed E-state index contributed by atoms with van der Waals surface area (Å²) in [6, 6.07) is 5.32. The van der Waals surface area contributed by atoms with Crippen LogP contribution in [0.5, 0.6) is 0 Å². The summed E-state index contributed by atoms with van der Waals surface area (Å²) in [6.45, 7) is 3.76. The Balaban J connectivity index is 2.80. The Morgan fingerprint density at radius 2 is 2.25 bits per heavy atom. The predicted molar refractivity (Wildman–Crippen MR) is 64.2 cm³/mol. The van der Waals surface area contributed by atoms with Crippen LogP contribution in [0.1, 0.15) is 29.3 Å². The average molecular weight is 222 g/mol. The van der Waals surface area contributed by atoms with Crippen LogP contribution in [-0.4, -0.2) is 23.7 Å². The van der Waals surface area contributed by atoms with E-state index in [2.05, 4.69) is 5.32 Å². The van der Waals surface area contributed by atoms with Crippen LogP contribution in [0.15, 0.2) is 18.2 Å². The highest BCUT2D eigenvalue weighted by Gasteiger charge is 2.14. The highest BCUT2D eigenvalue weighted by atomic mass is 16.3. The first-order valence-electron chi connectivity index (χ1n) is 5.33. The summed E-state index contributed by atoms with van der Waals surface area (Å²) >= 11 is 0. The van der Waals surface area contributed by atoms with Crippen LogP contribution in [-0.2, 0) is 0 Å². The fourth-order valence-corrected chi connectivity index (χ4v) is 1.56. The number of nitrogens with one attached hydrogen (secondary N) is 1. The van der Waals surface area contributed by atoms with Crippen molar-refractivity contribution in [1.82, 2.24) is 5.32 Å². The van der Waals surface area contributed by atoms with Crippen LogP contribution >= 0.6 is 0 Å². The number of benzene rings is 1. The monoisotopic (exact) mass is 222 g/mol. The van der Waals surface area contributed by atoms with E-state index in [1.807, 2.05) is 26.0 Å². The third-order valence-electron chi connectivity index (χ3n) is 2.47. The van der Waals surface area contributed by atoms with Gasteiger partial charge in [-0.1, -0.05) is 12.1 Å². The average Bonchev–Trinajstić information content (AvgIpc) is 2.17. The quantitative estimate of drug-likeness (QED) is 0.667. The molecule has 4 heteroatoms. The Labute approximate surface area is 95.5 Å². The summed E-state index contributed by atoms with van der Waals surface area (Å²) in [5, 5.41) is 11.6. The van der Waals surface area contributed by atoms with Gasteiger partial charge in [-0.25, -0.2) is 0 Å². The number of aliphatic hydroxyl groups excluding tert-OH is 1. The molecule has 0 heterocycles. The molecule has 1 atom stereocenters. The lowest BCUT2D eigenvalue weighted by atomic mass is 10.1. The lowest BCUT2D eigenvalue weighted by Crippen LogP contribution is -2.34. The lowest BCUT2D eigenvalue weighted by Gasteiger charge is -2.14. The van der Waals surface area contributed by atoms with E-state index in [1.165, 1.54) is 0 Å². The van der Waals surface area contributed by atoms with Crippen molar-refractivity contribution in [2.75, 3.05) is 12.3 Å². The van der Waals surface area contributed by atoms with Crippen LogP contribution in [0.3, 0.4) is 0 Å². The molecule has 4 nitrogen and oxygen atoms in total. The van der Waals surface area contributed by atoms with Gasteiger partial charge in [0.25, 0.3) is 5.91 Å². The molecule has 0 aliphatic rings. The van der Waals surface area contributed by atoms with Gasteiger partial charge in [-0.2, -0.15) is 0 Å². The number of anilines is 1. The summed E-state index contributed by atoms with van der Waals surface area (Å²) in [7, 11) is 0. The van der Waals surface area contributed by atoms with Gasteiger partial charge in [0.05, 0.1) is 5.56 Å². The van der Waals surface area contributed by atoms with E-state index < -0.39 is 0 Å². The van der Waals surface area contributed by atoms with Gasteiger partial charge < -0.3 is 16.2 Å². The number of amides is 1. The van der Waals surface area contributed by atoms with E-state index in [4.69, 9.17) is 10.8 Å². The van der Waals surface area contributed by atoms with Crippen molar-refractivity contribution >= 4 is 11.6 Å². The number of rotatable bonds is 4. The van der Waals surface area contributed by atoms with E-state index >= 15 is 0 Å². The van der Waals surface area contributed by atoms with Gasteiger partial charge in [0, 0.05) is 18.3 Å². The molecule has 0 saturated carbocycles. The zero-order chi connectivity index (χ0) is 12.1. The Kier molecular flexibility index (Phi) is 4.31. The zero-order valence-electron chi connectivity index (χ0n) is 9.66. The first kappa shape index (κ1) is 12.5. The van der Waals surface area contributed by atoms with E-state index in [1.54, 1.807) is 6.07 Å². The van der Waals surface area contributed by atoms with Crippen molar-refractivity contribution in [1.29, 1.82) is 0 Å². The van der Waals surface area contributed by atoms with Crippen molar-refractivity contribution in [3.63, 3.8) is 0 Å². The smallest absolute Gasteiger partial charge is 0.253 e. The topological polar surface area (TPSA) is 75.4 Å². The van der Waals surface area contributed by atoms with Gasteiger partial charge in [0.1, 0.15) is 0 Å². The SMILES string of the molecule is Cc1cccc(N)c1C(=O)NC(C)CCO. The number of nitrogens with two attached hydrogens (primary N) is 1. The Morgan fingerprint density at radius 3 is 2.81 bits per heavy atom. The summed E-state index contributed by atoms with van der Waals surface area (Å²) in [6.07, 6.45) is 0.539. The standard InChI is InChI=1S/C12H18N2O2/c1-8-4-3-5-10(13)11(8)12(16)14-9(2)6-7-15/h3-5,9,15H,6-7,13H2,1-2H3,(H,14,16). The van der Waals surface area contributed by atoms with Gasteiger partial charge in [-0.3, -0.25) is 4.79 Å². The molecule has 88 valence electrons. The maximum atomic E-state index is 11.9. The predicted octanol–water partition coefficient (Wildman–Crippen LogP) is 1.08. The Bertz CT molecular complexity index is 357. The maximum absolute atomic E-state index is 11.9. The number of hydrogen-bond donors (Lipinski definition) is 3. The molecule has 0 aliphatic heterocycles. The highest BCUT2D eigenvalue weighted by molar-refractivity contribution is 6.00. The van der Waals surface area contributed by atoms with Gasteiger partial charge in [0.15, 0.2) is 0 Å². The van der Waals surface area contributed by atoms with Gasteiger partial charge in [0.2, 0.25) is 0 Å². The molecule has 0 bridgehead atoms. The second-order valence-electron chi connectivity index (χ2n) is 3.93. The summed E-state index contributed by atoms with van der Waals surface area (Å²) in [4.78, 5) is 11.9. The number of aryl methyl sites for hydroxylation is 1. The summed E-state index contributed by atoms with van der Waals surface area (Å²) < 4.78 is 0. The van der Waals surface area contributed by atoms with E-state index in [9.17, 15) is 4.79 Å². The van der Waals surface area contributed by atoms with E-state index in [0.717, 1.165) is 5.56 Å². The molecule has 1 unspecified atom stereocenters. The zero-order valence-corrected chi connectivity index (χ0v) is 9.66. The van der Waals surface area contributed by atoms with Crippen LogP contribution in [0, 0.1) is 6.92 Å². The van der Waals surface area contributed by atoms with Crippen molar-refractivity contribution < 1.29 is 9.90 Å². The summed E-state index contributed by atoms with van der Waals surface area (Å²) in [5.74, 6) is -0.184. The Morgan fingerprint density at radius 1 is 1.56 bits per heavy atom. The second kappa shape index (κ2) is 5.51. The number of nitrogen functional groups attached to an aromatic ring is 1. The molecule has 0 aliphatic carbocycles. The molecule has 1 rings (SSSR count). The highest BCUT2D eigenvalue weighted by Crippen LogP contribution is 2.16. The molecule has 0 saturated heterocycles. The van der Waals surface area contributed by atoms with Crippen LogP contribution in [0.2, 0.25) is 0 Å². The molecule has 1 aromatic carbocycles. The maximum Gasteiger partial charge on any atom is 0.253 e. The van der Waals surface area contributed by atoms with Crippen molar-refractivity contribution in [2.45, 2.75) is 26.3 Å². The van der Waals surface area contributed by atoms with E-state index in [-0.39, 0.29) is 18.6 Å².